The Morgan fingerprint density at radius 1 is 1.29 bits per heavy atom. The van der Waals surface area contributed by atoms with E-state index in [1.165, 1.54) is 0 Å². The van der Waals surface area contributed by atoms with Gasteiger partial charge in [-0.05, 0) is 11.5 Å². The zero-order chi connectivity index (χ0) is 15.5. The summed E-state index contributed by atoms with van der Waals surface area (Å²) >= 11 is 0. The van der Waals surface area contributed by atoms with E-state index in [4.69, 9.17) is 4.74 Å². The Morgan fingerprint density at radius 3 is 2.38 bits per heavy atom. The minimum absolute atomic E-state index is 0.0152. The lowest BCUT2D eigenvalue weighted by Gasteiger charge is -2.22. The molecule has 2 rings (SSSR count). The highest BCUT2D eigenvalue weighted by atomic mass is 16.6. The summed E-state index contributed by atoms with van der Waals surface area (Å²) in [7, 11) is 1.57. The van der Waals surface area contributed by atoms with Gasteiger partial charge in [-0.25, -0.2) is 0 Å². The molecule has 1 aliphatic rings. The molecule has 1 aliphatic heterocycles. The molecule has 21 heavy (non-hydrogen) atoms. The van der Waals surface area contributed by atoms with E-state index in [2.05, 4.69) is 10.6 Å². The van der Waals surface area contributed by atoms with Crippen LogP contribution in [-0.4, -0.2) is 37.1 Å². The third kappa shape index (κ3) is 3.61. The normalized spacial score (nSPS) is 21.7. The van der Waals surface area contributed by atoms with Crippen molar-refractivity contribution < 1.29 is 14.3 Å². The molecular weight excluding hydrogens is 268 g/mol. The molecule has 2 N–H and O–H groups in total. The van der Waals surface area contributed by atoms with Gasteiger partial charge in [-0.3, -0.25) is 9.59 Å². The monoisotopic (exact) mass is 290 g/mol. The molecule has 1 aromatic carbocycles. The second-order valence-corrected chi connectivity index (χ2v) is 5.75. The average Bonchev–Trinajstić information content (AvgIpc) is 3.25. The lowest BCUT2D eigenvalue weighted by molar-refractivity contribution is -0.132. The molecule has 0 aliphatic carbocycles. The van der Waals surface area contributed by atoms with Crippen LogP contribution in [0.4, 0.5) is 0 Å². The number of hydrogen-bond acceptors (Lipinski definition) is 3. The summed E-state index contributed by atoms with van der Waals surface area (Å²) < 4.78 is 5.41. The molecule has 1 saturated heterocycles. The first-order valence-corrected chi connectivity index (χ1v) is 7.19. The fourth-order valence-corrected chi connectivity index (χ4v) is 2.29. The van der Waals surface area contributed by atoms with Gasteiger partial charge in [0.2, 0.25) is 5.91 Å². The van der Waals surface area contributed by atoms with Crippen LogP contribution in [-0.2, 0) is 20.7 Å². The van der Waals surface area contributed by atoms with Gasteiger partial charge in [-0.1, -0.05) is 44.2 Å². The Hall–Kier alpha value is -1.88. The van der Waals surface area contributed by atoms with Crippen molar-refractivity contribution in [1.29, 1.82) is 0 Å². The summed E-state index contributed by atoms with van der Waals surface area (Å²) in [5.41, 5.74) is 0.230. The zero-order valence-corrected chi connectivity index (χ0v) is 12.7. The van der Waals surface area contributed by atoms with E-state index < -0.39 is 11.6 Å². The molecule has 1 heterocycles. The lowest BCUT2D eigenvalue weighted by Crippen LogP contribution is -2.53. The van der Waals surface area contributed by atoms with E-state index in [1.54, 1.807) is 7.05 Å². The summed E-state index contributed by atoms with van der Waals surface area (Å²) in [5.74, 6) is -0.385. The fourth-order valence-electron chi connectivity index (χ4n) is 2.29. The van der Waals surface area contributed by atoms with Gasteiger partial charge in [0, 0.05) is 13.5 Å². The van der Waals surface area contributed by atoms with Crippen molar-refractivity contribution in [2.24, 2.45) is 5.92 Å². The predicted octanol–water partition coefficient (Wildman–Crippen LogP) is 0.885. The van der Waals surface area contributed by atoms with Crippen LogP contribution in [0.15, 0.2) is 30.3 Å². The maximum Gasteiger partial charge on any atom is 0.255 e. The Labute approximate surface area is 125 Å². The largest absolute Gasteiger partial charge is 0.359 e. The van der Waals surface area contributed by atoms with Gasteiger partial charge < -0.3 is 15.4 Å². The number of likely N-dealkylation sites (N-methyl/N-ethyl adjacent to an activating group) is 1. The second-order valence-electron chi connectivity index (χ2n) is 5.75. The number of rotatable bonds is 6. The molecule has 0 bridgehead atoms. The van der Waals surface area contributed by atoms with Gasteiger partial charge in [-0.15, -0.1) is 0 Å². The van der Waals surface area contributed by atoms with Gasteiger partial charge >= 0.3 is 0 Å². The van der Waals surface area contributed by atoms with Crippen LogP contribution < -0.4 is 10.6 Å². The number of carbonyl (C=O) groups is 2. The standard InChI is InChI=1S/C16H22N2O3/c1-11(2)13(14(19)17-3)18-15(20)16(10-21-16)9-12-7-5-4-6-8-12/h4-8,11,13H,9-10H2,1-3H3,(H,17,19)(H,18,20)/t13-,16-/m0/s1. The number of nitrogens with one attached hydrogen (secondary N) is 2. The van der Waals surface area contributed by atoms with Crippen LogP contribution in [0.1, 0.15) is 19.4 Å². The first kappa shape index (κ1) is 15.5. The number of amides is 2. The SMILES string of the molecule is CNC(=O)[C@@H](NC(=O)[C@]1(Cc2ccccc2)CO1)C(C)C. The first-order chi connectivity index (χ1) is 9.98. The highest BCUT2D eigenvalue weighted by molar-refractivity contribution is 5.93. The minimum atomic E-state index is -0.817. The molecule has 1 aromatic rings. The summed E-state index contributed by atoms with van der Waals surface area (Å²) in [6.45, 7) is 4.20. The highest BCUT2D eigenvalue weighted by Gasteiger charge is 2.52. The molecule has 5 nitrogen and oxygen atoms in total. The quantitative estimate of drug-likeness (QED) is 0.764. The molecule has 0 aromatic heterocycles. The zero-order valence-electron chi connectivity index (χ0n) is 12.7. The van der Waals surface area contributed by atoms with E-state index in [9.17, 15) is 9.59 Å². The van der Waals surface area contributed by atoms with Gasteiger partial charge in [0.15, 0.2) is 5.60 Å². The van der Waals surface area contributed by atoms with Crippen molar-refractivity contribution in [3.05, 3.63) is 35.9 Å². The maximum atomic E-state index is 12.5. The minimum Gasteiger partial charge on any atom is -0.359 e. The summed E-state index contributed by atoms with van der Waals surface area (Å²) in [6.07, 6.45) is 0.526. The van der Waals surface area contributed by atoms with E-state index in [0.29, 0.717) is 13.0 Å². The van der Waals surface area contributed by atoms with Crippen LogP contribution in [0.5, 0.6) is 0 Å². The topological polar surface area (TPSA) is 70.7 Å². The van der Waals surface area contributed by atoms with E-state index >= 15 is 0 Å². The van der Waals surface area contributed by atoms with Crippen molar-refractivity contribution in [3.8, 4) is 0 Å². The molecule has 5 heteroatoms. The van der Waals surface area contributed by atoms with Crippen molar-refractivity contribution in [1.82, 2.24) is 10.6 Å². The Morgan fingerprint density at radius 2 is 1.90 bits per heavy atom. The van der Waals surface area contributed by atoms with Crippen LogP contribution in [0.25, 0.3) is 0 Å². The van der Waals surface area contributed by atoms with Crippen LogP contribution in [0.3, 0.4) is 0 Å². The first-order valence-electron chi connectivity index (χ1n) is 7.19. The van der Waals surface area contributed by atoms with Crippen molar-refractivity contribution in [2.45, 2.75) is 31.9 Å². The summed E-state index contributed by atoms with van der Waals surface area (Å²) in [4.78, 5) is 24.3. The maximum absolute atomic E-state index is 12.5. The number of benzene rings is 1. The van der Waals surface area contributed by atoms with Crippen molar-refractivity contribution >= 4 is 11.8 Å². The number of ether oxygens (including phenoxy) is 1. The lowest BCUT2D eigenvalue weighted by atomic mass is 9.97. The van der Waals surface area contributed by atoms with E-state index in [1.807, 2.05) is 44.2 Å². The highest BCUT2D eigenvalue weighted by Crippen LogP contribution is 2.31. The van der Waals surface area contributed by atoms with Crippen LogP contribution in [0, 0.1) is 5.92 Å². The number of hydrogen-bond donors (Lipinski definition) is 2. The van der Waals surface area contributed by atoms with Gasteiger partial charge in [0.05, 0.1) is 6.61 Å². The molecule has 1 fully saturated rings. The molecule has 2 atom stereocenters. The molecule has 2 amide bonds. The summed E-state index contributed by atoms with van der Waals surface area (Å²) in [5, 5.41) is 5.39. The molecule has 0 unspecified atom stereocenters. The molecule has 0 radical (unpaired) electrons. The van der Waals surface area contributed by atoms with Crippen molar-refractivity contribution in [3.63, 3.8) is 0 Å². The smallest absolute Gasteiger partial charge is 0.255 e. The van der Waals surface area contributed by atoms with Crippen LogP contribution >= 0.6 is 0 Å². The van der Waals surface area contributed by atoms with E-state index in [-0.39, 0.29) is 17.7 Å². The molecule has 0 spiro atoms. The van der Waals surface area contributed by atoms with Crippen LogP contribution in [0.2, 0.25) is 0 Å². The Bertz CT molecular complexity index is 510. The Kier molecular flexibility index (Phi) is 4.63. The van der Waals surface area contributed by atoms with Gasteiger partial charge in [-0.2, -0.15) is 0 Å². The third-order valence-electron chi connectivity index (χ3n) is 3.72. The van der Waals surface area contributed by atoms with Gasteiger partial charge in [0.1, 0.15) is 6.04 Å². The number of carbonyl (C=O) groups excluding carboxylic acids is 2. The summed E-state index contributed by atoms with van der Waals surface area (Å²) in [6, 6.07) is 9.20. The predicted molar refractivity (Wildman–Crippen MR) is 79.7 cm³/mol. The average molecular weight is 290 g/mol. The molecule has 0 saturated carbocycles. The third-order valence-corrected chi connectivity index (χ3v) is 3.72. The van der Waals surface area contributed by atoms with Crippen molar-refractivity contribution in [2.75, 3.05) is 13.7 Å². The van der Waals surface area contributed by atoms with Gasteiger partial charge in [0.25, 0.3) is 5.91 Å². The van der Waals surface area contributed by atoms with E-state index in [0.717, 1.165) is 5.56 Å². The number of epoxide rings is 1. The fraction of sp³-hybridized carbons (Fsp3) is 0.500. The molecule has 114 valence electrons. The Balaban J connectivity index is 2.03. The second kappa shape index (κ2) is 6.26. The molecular formula is C16H22N2O3.